The van der Waals surface area contributed by atoms with Crippen molar-refractivity contribution in [1.29, 1.82) is 0 Å². The van der Waals surface area contributed by atoms with Gasteiger partial charge in [-0.1, -0.05) is 24.3 Å². The monoisotopic (exact) mass is 230 g/mol. The molecule has 0 amide bonds. The number of rotatable bonds is 2. The van der Waals surface area contributed by atoms with E-state index in [2.05, 4.69) is 0 Å². The molecular weight excluding hydrogens is 215 g/mol. The number of aryl methyl sites for hydroxylation is 1. The fraction of sp³-hybridized carbons (Fsp3) is 0.143. The Kier molecular flexibility index (Phi) is 3.11. The van der Waals surface area contributed by atoms with Gasteiger partial charge in [-0.15, -0.1) is 0 Å². The number of nitrogen functional groups attached to an aromatic ring is 1. The van der Waals surface area contributed by atoms with E-state index in [1.54, 1.807) is 19.1 Å². The van der Waals surface area contributed by atoms with Crippen molar-refractivity contribution in [2.45, 2.75) is 13.0 Å². The van der Waals surface area contributed by atoms with E-state index in [1.165, 1.54) is 6.07 Å². The molecule has 0 spiro atoms. The van der Waals surface area contributed by atoms with Crippen LogP contribution in [0.4, 0.5) is 10.1 Å². The van der Waals surface area contributed by atoms with Crippen LogP contribution < -0.4 is 11.5 Å². The highest BCUT2D eigenvalue weighted by atomic mass is 19.1. The van der Waals surface area contributed by atoms with E-state index in [0.29, 0.717) is 11.3 Å². The third-order valence-corrected chi connectivity index (χ3v) is 2.81. The molecule has 2 rings (SSSR count). The minimum atomic E-state index is -0.280. The molecule has 0 aromatic heterocycles. The van der Waals surface area contributed by atoms with Crippen LogP contribution >= 0.6 is 0 Å². The summed E-state index contributed by atoms with van der Waals surface area (Å²) in [5.74, 6) is -0.214. The van der Waals surface area contributed by atoms with E-state index < -0.39 is 0 Å². The molecule has 2 aromatic rings. The number of hydrogen-bond acceptors (Lipinski definition) is 2. The molecule has 17 heavy (non-hydrogen) atoms. The van der Waals surface area contributed by atoms with Crippen LogP contribution in [-0.4, -0.2) is 0 Å². The van der Waals surface area contributed by atoms with E-state index in [0.717, 1.165) is 11.1 Å². The van der Waals surface area contributed by atoms with Gasteiger partial charge in [0.1, 0.15) is 5.82 Å². The van der Waals surface area contributed by atoms with Crippen molar-refractivity contribution in [2.75, 3.05) is 5.73 Å². The maximum atomic E-state index is 13.2. The minimum Gasteiger partial charge on any atom is -0.399 e. The Balaban J connectivity index is 2.36. The maximum Gasteiger partial charge on any atom is 0.126 e. The highest BCUT2D eigenvalue weighted by molar-refractivity contribution is 5.44. The molecule has 0 radical (unpaired) electrons. The molecule has 1 unspecified atom stereocenters. The van der Waals surface area contributed by atoms with Crippen molar-refractivity contribution in [3.63, 3.8) is 0 Å². The number of benzene rings is 2. The van der Waals surface area contributed by atoms with Gasteiger partial charge in [0.15, 0.2) is 0 Å². The summed E-state index contributed by atoms with van der Waals surface area (Å²) < 4.78 is 13.2. The van der Waals surface area contributed by atoms with Crippen molar-refractivity contribution >= 4 is 5.69 Å². The smallest absolute Gasteiger partial charge is 0.126 e. The highest BCUT2D eigenvalue weighted by Crippen LogP contribution is 2.22. The van der Waals surface area contributed by atoms with Crippen molar-refractivity contribution < 1.29 is 4.39 Å². The fourth-order valence-corrected chi connectivity index (χ4v) is 1.81. The predicted octanol–water partition coefficient (Wildman–Crippen LogP) is 2.76. The summed E-state index contributed by atoms with van der Waals surface area (Å²) in [6, 6.07) is 12.1. The summed E-state index contributed by atoms with van der Waals surface area (Å²) >= 11 is 0. The topological polar surface area (TPSA) is 52.0 Å². The van der Waals surface area contributed by atoms with Gasteiger partial charge in [-0.25, -0.2) is 4.39 Å². The molecule has 0 heterocycles. The van der Waals surface area contributed by atoms with E-state index in [4.69, 9.17) is 11.5 Å². The quantitative estimate of drug-likeness (QED) is 0.779. The molecule has 0 saturated carbocycles. The lowest BCUT2D eigenvalue weighted by atomic mass is 9.98. The molecule has 1 atom stereocenters. The number of hydrogen-bond donors (Lipinski definition) is 2. The van der Waals surface area contributed by atoms with E-state index in [1.807, 2.05) is 24.3 Å². The van der Waals surface area contributed by atoms with Crippen LogP contribution in [0.5, 0.6) is 0 Å². The zero-order valence-electron chi connectivity index (χ0n) is 9.65. The molecule has 0 aliphatic carbocycles. The Hall–Kier alpha value is -1.87. The largest absolute Gasteiger partial charge is 0.399 e. The third-order valence-electron chi connectivity index (χ3n) is 2.81. The Morgan fingerprint density at radius 2 is 1.76 bits per heavy atom. The van der Waals surface area contributed by atoms with Gasteiger partial charge in [0.25, 0.3) is 0 Å². The second-order valence-corrected chi connectivity index (χ2v) is 4.16. The molecule has 0 fully saturated rings. The first-order chi connectivity index (χ1) is 8.08. The molecule has 88 valence electrons. The molecule has 0 aliphatic heterocycles. The summed E-state index contributed by atoms with van der Waals surface area (Å²) in [5, 5.41) is 0. The standard InChI is InChI=1S/C14H15FN2/c1-9-7-11(5-6-13(9)15)14(17)10-3-2-4-12(16)8-10/h2-8,14H,16-17H2,1H3. The van der Waals surface area contributed by atoms with Gasteiger partial charge < -0.3 is 11.5 Å². The Morgan fingerprint density at radius 1 is 1.06 bits per heavy atom. The molecule has 3 heteroatoms. The molecule has 0 aliphatic rings. The normalized spacial score (nSPS) is 12.4. The van der Waals surface area contributed by atoms with E-state index in [9.17, 15) is 4.39 Å². The van der Waals surface area contributed by atoms with E-state index >= 15 is 0 Å². The summed E-state index contributed by atoms with van der Waals surface area (Å²) in [7, 11) is 0. The molecule has 0 saturated heterocycles. The van der Waals surface area contributed by atoms with Crippen LogP contribution in [0, 0.1) is 12.7 Å². The Bertz CT molecular complexity index is 537. The van der Waals surface area contributed by atoms with Gasteiger partial charge in [0, 0.05) is 5.69 Å². The molecular formula is C14H15FN2. The summed E-state index contributed by atoms with van der Waals surface area (Å²) in [4.78, 5) is 0. The highest BCUT2D eigenvalue weighted by Gasteiger charge is 2.10. The van der Waals surface area contributed by atoms with Gasteiger partial charge in [0.05, 0.1) is 6.04 Å². The second kappa shape index (κ2) is 4.55. The van der Waals surface area contributed by atoms with Gasteiger partial charge >= 0.3 is 0 Å². The zero-order valence-corrected chi connectivity index (χ0v) is 9.65. The molecule has 0 bridgehead atoms. The lowest BCUT2D eigenvalue weighted by Gasteiger charge is -2.14. The summed E-state index contributed by atoms with van der Waals surface area (Å²) in [6.45, 7) is 1.73. The average Bonchev–Trinajstić information content (AvgIpc) is 2.32. The lowest BCUT2D eigenvalue weighted by Crippen LogP contribution is -2.12. The maximum absolute atomic E-state index is 13.2. The Labute approximate surface area is 100 Å². The van der Waals surface area contributed by atoms with Crippen molar-refractivity contribution in [1.82, 2.24) is 0 Å². The van der Waals surface area contributed by atoms with E-state index in [-0.39, 0.29) is 11.9 Å². The lowest BCUT2D eigenvalue weighted by molar-refractivity contribution is 0.617. The first kappa shape index (κ1) is 11.6. The zero-order chi connectivity index (χ0) is 12.4. The second-order valence-electron chi connectivity index (χ2n) is 4.16. The van der Waals surface area contributed by atoms with Crippen molar-refractivity contribution in [3.05, 3.63) is 65.0 Å². The molecule has 2 aromatic carbocycles. The fourth-order valence-electron chi connectivity index (χ4n) is 1.81. The molecule has 2 nitrogen and oxygen atoms in total. The van der Waals surface area contributed by atoms with Crippen LogP contribution in [0.15, 0.2) is 42.5 Å². The third kappa shape index (κ3) is 2.45. The van der Waals surface area contributed by atoms with Gasteiger partial charge in [-0.3, -0.25) is 0 Å². The SMILES string of the molecule is Cc1cc(C(N)c2cccc(N)c2)ccc1F. The van der Waals surface area contributed by atoms with Crippen LogP contribution in [0.3, 0.4) is 0 Å². The van der Waals surface area contributed by atoms with Gasteiger partial charge in [-0.2, -0.15) is 0 Å². The Morgan fingerprint density at radius 3 is 2.41 bits per heavy atom. The summed E-state index contributed by atoms with van der Waals surface area (Å²) in [5.41, 5.74) is 14.9. The van der Waals surface area contributed by atoms with Crippen LogP contribution in [0.1, 0.15) is 22.7 Å². The average molecular weight is 230 g/mol. The van der Waals surface area contributed by atoms with Crippen molar-refractivity contribution in [2.24, 2.45) is 5.73 Å². The predicted molar refractivity (Wildman–Crippen MR) is 68.0 cm³/mol. The van der Waals surface area contributed by atoms with Gasteiger partial charge in [0.2, 0.25) is 0 Å². The van der Waals surface area contributed by atoms with Crippen molar-refractivity contribution in [3.8, 4) is 0 Å². The first-order valence-electron chi connectivity index (χ1n) is 5.45. The summed E-state index contributed by atoms with van der Waals surface area (Å²) in [6.07, 6.45) is 0. The van der Waals surface area contributed by atoms with Crippen LogP contribution in [0.25, 0.3) is 0 Å². The molecule has 4 N–H and O–H groups in total. The number of anilines is 1. The number of nitrogens with two attached hydrogens (primary N) is 2. The van der Waals surface area contributed by atoms with Crippen LogP contribution in [-0.2, 0) is 0 Å². The van der Waals surface area contributed by atoms with Gasteiger partial charge in [-0.05, 0) is 41.8 Å². The first-order valence-corrected chi connectivity index (χ1v) is 5.45. The number of halogens is 1. The van der Waals surface area contributed by atoms with Crippen LogP contribution in [0.2, 0.25) is 0 Å². The minimum absolute atomic E-state index is 0.214.